The first kappa shape index (κ1) is 18.5. The third kappa shape index (κ3) is 4.46. The quantitative estimate of drug-likeness (QED) is 0.593. The maximum atomic E-state index is 12.8. The largest absolute Gasteiger partial charge is 0.508 e. The molecule has 0 aliphatic rings. The number of amides is 1. The van der Waals surface area contributed by atoms with E-state index in [1.165, 1.54) is 36.5 Å². The minimum atomic E-state index is -4.42. The topological polar surface area (TPSA) is 74.2 Å². The molecule has 3 aromatic rings. The van der Waals surface area contributed by atoms with Crippen LogP contribution in [0.4, 0.5) is 18.9 Å². The number of phenolic OH excluding ortho intramolecular Hbond substituents is 1. The van der Waals surface area contributed by atoms with Crippen molar-refractivity contribution in [2.24, 2.45) is 0 Å². The zero-order valence-electron chi connectivity index (χ0n) is 14.0. The lowest BCUT2D eigenvalue weighted by molar-refractivity contribution is -0.137. The number of halogens is 3. The van der Waals surface area contributed by atoms with Gasteiger partial charge in [0.25, 0.3) is 5.91 Å². The van der Waals surface area contributed by atoms with Crippen molar-refractivity contribution >= 4 is 22.5 Å². The summed E-state index contributed by atoms with van der Waals surface area (Å²) in [6, 6.07) is 10.9. The number of fused-ring (bicyclic) bond motifs is 1. The number of hydrogen-bond acceptors (Lipinski definition) is 4. The molecule has 1 heterocycles. The number of alkyl halides is 3. The normalized spacial score (nSPS) is 11.4. The number of aromatic nitrogens is 1. The van der Waals surface area contributed by atoms with Gasteiger partial charge in [-0.15, -0.1) is 0 Å². The Bertz CT molecular complexity index is 957. The molecule has 1 aromatic heterocycles. The van der Waals surface area contributed by atoms with E-state index in [4.69, 9.17) is 0 Å². The van der Waals surface area contributed by atoms with Gasteiger partial charge in [-0.05, 0) is 42.5 Å². The van der Waals surface area contributed by atoms with E-state index in [1.54, 1.807) is 6.07 Å². The fraction of sp³-hybridized carbons (Fsp3) is 0.158. The molecule has 3 N–H and O–H groups in total. The van der Waals surface area contributed by atoms with Crippen LogP contribution in [0.3, 0.4) is 0 Å². The zero-order chi connectivity index (χ0) is 19.4. The lowest BCUT2D eigenvalue weighted by Crippen LogP contribution is -2.28. The van der Waals surface area contributed by atoms with Crippen molar-refractivity contribution in [2.75, 3.05) is 18.4 Å². The monoisotopic (exact) mass is 375 g/mol. The highest BCUT2D eigenvalue weighted by atomic mass is 19.4. The first-order chi connectivity index (χ1) is 12.8. The fourth-order valence-electron chi connectivity index (χ4n) is 2.57. The Balaban J connectivity index is 1.62. The van der Waals surface area contributed by atoms with Crippen molar-refractivity contribution < 1.29 is 23.1 Å². The van der Waals surface area contributed by atoms with Crippen LogP contribution < -0.4 is 10.6 Å². The van der Waals surface area contributed by atoms with Gasteiger partial charge < -0.3 is 15.7 Å². The molecule has 0 saturated carbocycles. The summed E-state index contributed by atoms with van der Waals surface area (Å²) in [6.07, 6.45) is -2.99. The van der Waals surface area contributed by atoms with Gasteiger partial charge in [-0.2, -0.15) is 13.2 Å². The van der Waals surface area contributed by atoms with Crippen LogP contribution in [-0.4, -0.2) is 29.1 Å². The number of carbonyl (C=O) groups is 1. The molecule has 0 unspecified atom stereocenters. The van der Waals surface area contributed by atoms with Gasteiger partial charge in [-0.1, -0.05) is 6.07 Å². The number of benzene rings is 2. The molecule has 3 rings (SSSR count). The van der Waals surface area contributed by atoms with Crippen molar-refractivity contribution in [2.45, 2.75) is 6.18 Å². The Labute approximate surface area is 152 Å². The van der Waals surface area contributed by atoms with E-state index in [9.17, 15) is 23.1 Å². The molecule has 0 bridgehead atoms. The molecule has 1 amide bonds. The van der Waals surface area contributed by atoms with Crippen molar-refractivity contribution in [1.29, 1.82) is 0 Å². The Hall–Kier alpha value is -3.29. The van der Waals surface area contributed by atoms with Gasteiger partial charge in [0.2, 0.25) is 0 Å². The van der Waals surface area contributed by atoms with Gasteiger partial charge in [-0.25, -0.2) is 0 Å². The van der Waals surface area contributed by atoms with E-state index in [0.29, 0.717) is 29.7 Å². The van der Waals surface area contributed by atoms with Crippen molar-refractivity contribution in [3.8, 4) is 5.75 Å². The van der Waals surface area contributed by atoms with Crippen LogP contribution in [0.2, 0.25) is 0 Å². The van der Waals surface area contributed by atoms with Crippen LogP contribution in [0, 0.1) is 0 Å². The molecule has 0 fully saturated rings. The average molecular weight is 375 g/mol. The molecular formula is C19H16F3N3O2. The van der Waals surface area contributed by atoms with E-state index < -0.39 is 11.7 Å². The number of phenols is 1. The molecule has 0 saturated heterocycles. The van der Waals surface area contributed by atoms with Crippen molar-refractivity contribution in [1.82, 2.24) is 10.3 Å². The average Bonchev–Trinajstić information content (AvgIpc) is 2.64. The maximum absolute atomic E-state index is 12.8. The first-order valence-electron chi connectivity index (χ1n) is 8.11. The number of pyridine rings is 1. The minimum Gasteiger partial charge on any atom is -0.508 e. The number of nitrogens with zero attached hydrogens (tertiary/aromatic N) is 1. The second kappa shape index (κ2) is 7.53. The molecule has 27 heavy (non-hydrogen) atoms. The number of hydrogen-bond donors (Lipinski definition) is 3. The van der Waals surface area contributed by atoms with Crippen LogP contribution in [0.1, 0.15) is 15.9 Å². The summed E-state index contributed by atoms with van der Waals surface area (Å²) < 4.78 is 38.4. The van der Waals surface area contributed by atoms with Gasteiger partial charge in [0, 0.05) is 35.9 Å². The van der Waals surface area contributed by atoms with Crippen molar-refractivity contribution in [3.05, 3.63) is 65.9 Å². The van der Waals surface area contributed by atoms with E-state index in [0.717, 1.165) is 12.1 Å². The van der Waals surface area contributed by atoms with E-state index in [-0.39, 0.29) is 17.2 Å². The second-order valence-electron chi connectivity index (χ2n) is 5.82. The molecular weight excluding hydrogens is 359 g/mol. The standard InChI is InChI=1S/C19H16F3N3O2/c20-19(21,22)13-3-6-15-16(7-8-23-17(15)11-13)24-9-10-25-18(27)12-1-4-14(26)5-2-12/h1-8,11,26H,9-10H2,(H,23,24)(H,25,27). The molecule has 0 atom stereocenters. The zero-order valence-corrected chi connectivity index (χ0v) is 14.0. The van der Waals surface area contributed by atoms with Gasteiger partial charge >= 0.3 is 6.18 Å². The summed E-state index contributed by atoms with van der Waals surface area (Å²) in [6.45, 7) is 0.689. The third-order valence-electron chi connectivity index (χ3n) is 3.93. The number of carbonyl (C=O) groups excluding carboxylic acids is 1. The Morgan fingerprint density at radius 3 is 2.48 bits per heavy atom. The Kier molecular flexibility index (Phi) is 5.16. The molecule has 0 aliphatic heterocycles. The first-order valence-corrected chi connectivity index (χ1v) is 8.11. The van der Waals surface area contributed by atoms with Crippen LogP contribution in [0.25, 0.3) is 10.9 Å². The van der Waals surface area contributed by atoms with Gasteiger partial charge in [0.15, 0.2) is 0 Å². The lowest BCUT2D eigenvalue weighted by atomic mass is 10.1. The molecule has 0 aliphatic carbocycles. The highest BCUT2D eigenvalue weighted by Gasteiger charge is 2.30. The predicted molar refractivity (Wildman–Crippen MR) is 95.7 cm³/mol. The van der Waals surface area contributed by atoms with Crippen LogP contribution in [0.15, 0.2) is 54.7 Å². The smallest absolute Gasteiger partial charge is 0.416 e. The van der Waals surface area contributed by atoms with E-state index in [2.05, 4.69) is 15.6 Å². The maximum Gasteiger partial charge on any atom is 0.416 e. The highest BCUT2D eigenvalue weighted by Crippen LogP contribution is 2.32. The molecule has 8 heteroatoms. The molecule has 140 valence electrons. The summed E-state index contributed by atoms with van der Waals surface area (Å²) in [5, 5.41) is 15.6. The summed E-state index contributed by atoms with van der Waals surface area (Å²) in [7, 11) is 0. The Morgan fingerprint density at radius 1 is 1.04 bits per heavy atom. The summed E-state index contributed by atoms with van der Waals surface area (Å²) in [5.74, 6) is -0.210. The van der Waals surface area contributed by atoms with Crippen LogP contribution in [0.5, 0.6) is 5.75 Å². The molecule has 2 aromatic carbocycles. The number of aromatic hydroxyl groups is 1. The molecule has 5 nitrogen and oxygen atoms in total. The highest BCUT2D eigenvalue weighted by molar-refractivity contribution is 5.94. The number of anilines is 1. The SMILES string of the molecule is O=C(NCCNc1ccnc2cc(C(F)(F)F)ccc12)c1ccc(O)cc1. The molecule has 0 spiro atoms. The van der Waals surface area contributed by atoms with Gasteiger partial charge in [-0.3, -0.25) is 9.78 Å². The number of nitrogens with one attached hydrogen (secondary N) is 2. The molecule has 0 radical (unpaired) electrons. The van der Waals surface area contributed by atoms with E-state index >= 15 is 0 Å². The van der Waals surface area contributed by atoms with Crippen molar-refractivity contribution in [3.63, 3.8) is 0 Å². The summed E-state index contributed by atoms with van der Waals surface area (Å²) >= 11 is 0. The number of rotatable bonds is 5. The lowest BCUT2D eigenvalue weighted by Gasteiger charge is -2.12. The summed E-state index contributed by atoms with van der Waals surface area (Å²) in [5.41, 5.74) is 0.540. The van der Waals surface area contributed by atoms with Crippen LogP contribution in [-0.2, 0) is 6.18 Å². The van der Waals surface area contributed by atoms with Gasteiger partial charge in [0.05, 0.1) is 11.1 Å². The Morgan fingerprint density at radius 2 is 1.78 bits per heavy atom. The second-order valence-corrected chi connectivity index (χ2v) is 5.82. The summed E-state index contributed by atoms with van der Waals surface area (Å²) in [4.78, 5) is 16.0. The van der Waals surface area contributed by atoms with E-state index in [1.807, 2.05) is 0 Å². The fourth-order valence-corrected chi connectivity index (χ4v) is 2.57. The third-order valence-corrected chi connectivity index (χ3v) is 3.93. The van der Waals surface area contributed by atoms with Gasteiger partial charge in [0.1, 0.15) is 5.75 Å². The minimum absolute atomic E-state index is 0.0754. The van der Waals surface area contributed by atoms with Crippen LogP contribution >= 0.6 is 0 Å². The predicted octanol–water partition coefficient (Wildman–Crippen LogP) is 3.80.